The average Bonchev–Trinajstić information content (AvgIpc) is 2.63. The molecule has 2 N–H and O–H groups in total. The van der Waals surface area contributed by atoms with E-state index in [0.717, 1.165) is 38.3 Å². The molecule has 0 radical (unpaired) electrons. The minimum absolute atomic E-state index is 0.602. The highest BCUT2D eigenvalue weighted by atomic mass is 32.2. The zero-order valence-corrected chi connectivity index (χ0v) is 15.8. The molecule has 0 aliphatic rings. The van der Waals surface area contributed by atoms with Gasteiger partial charge in [-0.05, 0) is 43.2 Å². The maximum absolute atomic E-state index is 4.70. The predicted molar refractivity (Wildman–Crippen MR) is 110 cm³/mol. The molecular weight excluding hydrogens is 328 g/mol. The van der Waals surface area contributed by atoms with Crippen LogP contribution in [-0.4, -0.2) is 23.6 Å². The average molecular weight is 353 g/mol. The predicted octanol–water partition coefficient (Wildman–Crippen LogP) is 5.13. The second-order valence-electron chi connectivity index (χ2n) is 5.41. The fourth-order valence-corrected chi connectivity index (χ4v) is 3.02. The van der Waals surface area contributed by atoms with E-state index >= 15 is 0 Å². The van der Waals surface area contributed by atoms with Gasteiger partial charge in [0.25, 0.3) is 0 Å². The van der Waals surface area contributed by atoms with Crippen molar-refractivity contribution in [1.29, 1.82) is 0 Å². The minimum atomic E-state index is 0.602. The Kier molecular flexibility index (Phi) is 6.83. The van der Waals surface area contributed by atoms with Gasteiger partial charge in [-0.1, -0.05) is 43.1 Å². The summed E-state index contributed by atoms with van der Waals surface area (Å²) in [7, 11) is 1.88. The lowest BCUT2D eigenvalue weighted by molar-refractivity contribution is 1.08. The van der Waals surface area contributed by atoms with Crippen molar-refractivity contribution in [2.45, 2.75) is 18.9 Å². The molecule has 0 aromatic carbocycles. The molecule has 25 heavy (non-hydrogen) atoms. The van der Waals surface area contributed by atoms with Gasteiger partial charge in [0.2, 0.25) is 0 Å². The smallest absolute Gasteiger partial charge is 0.150 e. The van der Waals surface area contributed by atoms with E-state index in [-0.39, 0.29) is 0 Å². The van der Waals surface area contributed by atoms with Gasteiger partial charge in [0.15, 0.2) is 0 Å². The highest BCUT2D eigenvalue weighted by Crippen LogP contribution is 2.28. The summed E-state index contributed by atoms with van der Waals surface area (Å²) in [6.45, 7) is 12.6. The molecule has 0 spiro atoms. The topological polar surface area (TPSA) is 49.8 Å². The van der Waals surface area contributed by atoms with Gasteiger partial charge in [0.05, 0.1) is 11.4 Å². The number of aryl methyl sites for hydroxylation is 1. The second kappa shape index (κ2) is 9.08. The van der Waals surface area contributed by atoms with Crippen LogP contribution in [0.1, 0.15) is 18.2 Å². The van der Waals surface area contributed by atoms with Crippen LogP contribution in [-0.2, 0) is 0 Å². The van der Waals surface area contributed by atoms with Crippen molar-refractivity contribution in [2.75, 3.05) is 24.2 Å². The zero-order chi connectivity index (χ0) is 18.2. The third-order valence-corrected chi connectivity index (χ3v) is 4.70. The molecule has 0 amide bonds. The maximum atomic E-state index is 4.70. The van der Waals surface area contributed by atoms with E-state index in [1.54, 1.807) is 18.0 Å². The summed E-state index contributed by atoms with van der Waals surface area (Å²) in [5.74, 6) is 0.792. The molecule has 130 valence electrons. The first-order valence-corrected chi connectivity index (χ1v) is 8.89. The SMILES string of the molecule is C=C/C(=C\C)c1ccc(NC)c(NCC(=C)Sc2ncccc2C)n1. The van der Waals surface area contributed by atoms with E-state index in [1.165, 1.54) is 0 Å². The molecule has 4 nitrogen and oxygen atoms in total. The molecule has 0 aliphatic carbocycles. The van der Waals surface area contributed by atoms with Gasteiger partial charge in [-0.3, -0.25) is 0 Å². The van der Waals surface area contributed by atoms with Crippen molar-refractivity contribution < 1.29 is 0 Å². The third-order valence-electron chi connectivity index (χ3n) is 3.65. The van der Waals surface area contributed by atoms with Gasteiger partial charge < -0.3 is 10.6 Å². The number of hydrogen-bond donors (Lipinski definition) is 2. The molecule has 0 bridgehead atoms. The number of hydrogen-bond acceptors (Lipinski definition) is 5. The van der Waals surface area contributed by atoms with E-state index in [9.17, 15) is 0 Å². The van der Waals surface area contributed by atoms with E-state index in [4.69, 9.17) is 4.98 Å². The Morgan fingerprint density at radius 3 is 2.76 bits per heavy atom. The maximum Gasteiger partial charge on any atom is 0.150 e. The highest BCUT2D eigenvalue weighted by molar-refractivity contribution is 8.03. The number of allylic oxidation sites excluding steroid dienone is 3. The van der Waals surface area contributed by atoms with Gasteiger partial charge in [-0.25, -0.2) is 9.97 Å². The van der Waals surface area contributed by atoms with Crippen molar-refractivity contribution in [3.05, 3.63) is 71.9 Å². The van der Waals surface area contributed by atoms with Gasteiger partial charge in [0, 0.05) is 24.7 Å². The fraction of sp³-hybridized carbons (Fsp3) is 0.200. The Morgan fingerprint density at radius 1 is 1.32 bits per heavy atom. The Labute approximate surface area is 154 Å². The second-order valence-corrected chi connectivity index (χ2v) is 6.58. The highest BCUT2D eigenvalue weighted by Gasteiger charge is 2.08. The number of pyridine rings is 2. The van der Waals surface area contributed by atoms with Gasteiger partial charge in [-0.2, -0.15) is 0 Å². The van der Waals surface area contributed by atoms with Gasteiger partial charge in [0.1, 0.15) is 10.8 Å². The molecule has 0 unspecified atom stereocenters. The Balaban J connectivity index is 2.11. The van der Waals surface area contributed by atoms with E-state index in [0.29, 0.717) is 6.54 Å². The summed E-state index contributed by atoms with van der Waals surface area (Å²) < 4.78 is 0. The normalized spacial score (nSPS) is 11.1. The molecule has 2 heterocycles. The molecule has 2 aromatic rings. The van der Waals surface area contributed by atoms with Crippen molar-refractivity contribution in [3.8, 4) is 0 Å². The molecule has 2 aromatic heterocycles. The molecular formula is C20H24N4S. The summed E-state index contributed by atoms with van der Waals surface area (Å²) >= 11 is 1.58. The summed E-state index contributed by atoms with van der Waals surface area (Å²) in [5, 5.41) is 7.50. The largest absolute Gasteiger partial charge is 0.385 e. The van der Waals surface area contributed by atoms with Crippen LogP contribution in [0.3, 0.4) is 0 Å². The van der Waals surface area contributed by atoms with Crippen molar-refractivity contribution in [1.82, 2.24) is 9.97 Å². The van der Waals surface area contributed by atoms with Gasteiger partial charge >= 0.3 is 0 Å². The number of rotatable bonds is 8. The van der Waals surface area contributed by atoms with E-state index < -0.39 is 0 Å². The lowest BCUT2D eigenvalue weighted by Gasteiger charge is -2.14. The van der Waals surface area contributed by atoms with Gasteiger partial charge in [-0.15, -0.1) is 0 Å². The number of thioether (sulfide) groups is 1. The lowest BCUT2D eigenvalue weighted by atomic mass is 10.1. The number of aromatic nitrogens is 2. The Hall–Kier alpha value is -2.53. The van der Waals surface area contributed by atoms with Crippen LogP contribution in [0.2, 0.25) is 0 Å². The van der Waals surface area contributed by atoms with Crippen LogP contribution in [0.5, 0.6) is 0 Å². The summed E-state index contributed by atoms with van der Waals surface area (Å²) in [6, 6.07) is 7.98. The molecule has 0 fully saturated rings. The first-order chi connectivity index (χ1) is 12.1. The van der Waals surface area contributed by atoms with Crippen molar-refractivity contribution in [3.63, 3.8) is 0 Å². The van der Waals surface area contributed by atoms with E-state index in [2.05, 4.69) is 28.8 Å². The number of nitrogens with zero attached hydrogens (tertiary/aromatic N) is 2. The van der Waals surface area contributed by atoms with Crippen LogP contribution in [0, 0.1) is 6.92 Å². The lowest BCUT2D eigenvalue weighted by Crippen LogP contribution is -2.08. The van der Waals surface area contributed by atoms with Crippen LogP contribution < -0.4 is 10.6 Å². The molecule has 0 saturated heterocycles. The number of anilines is 2. The van der Waals surface area contributed by atoms with Crippen molar-refractivity contribution in [2.24, 2.45) is 0 Å². The standard InChI is InChI=1S/C20H24N4S/c1-6-16(7-2)17-10-11-18(21-5)19(24-17)23-13-15(4)25-20-14(3)9-8-12-22-20/h6-12,21H,1,4,13H2,2-3,5H3,(H,23,24)/b16-7+. The van der Waals surface area contributed by atoms with E-state index in [1.807, 2.05) is 57.3 Å². The Morgan fingerprint density at radius 2 is 2.12 bits per heavy atom. The number of nitrogens with one attached hydrogen (secondary N) is 2. The third kappa shape index (κ3) is 4.97. The van der Waals surface area contributed by atoms with Crippen LogP contribution in [0.25, 0.3) is 5.57 Å². The van der Waals surface area contributed by atoms with Crippen LogP contribution in [0.4, 0.5) is 11.5 Å². The summed E-state index contributed by atoms with van der Waals surface area (Å²) in [6.07, 6.45) is 5.61. The van der Waals surface area contributed by atoms with Crippen LogP contribution >= 0.6 is 11.8 Å². The summed E-state index contributed by atoms with van der Waals surface area (Å²) in [5.41, 5.74) is 3.98. The molecule has 0 saturated carbocycles. The quantitative estimate of drug-likeness (QED) is 0.509. The Bertz CT molecular complexity index is 796. The zero-order valence-electron chi connectivity index (χ0n) is 15.0. The first-order valence-electron chi connectivity index (χ1n) is 8.08. The minimum Gasteiger partial charge on any atom is -0.385 e. The molecule has 0 atom stereocenters. The van der Waals surface area contributed by atoms with Crippen molar-refractivity contribution >= 4 is 28.8 Å². The van der Waals surface area contributed by atoms with Crippen LogP contribution in [0.15, 0.2) is 65.7 Å². The molecule has 5 heteroatoms. The molecule has 0 aliphatic heterocycles. The first kappa shape index (κ1) is 18.8. The summed E-state index contributed by atoms with van der Waals surface area (Å²) in [4.78, 5) is 10.1. The monoisotopic (exact) mass is 352 g/mol. The molecule has 2 rings (SSSR count). The fourth-order valence-electron chi connectivity index (χ4n) is 2.26.